The molecular formula is C25H27N5O3. The van der Waals surface area contributed by atoms with Gasteiger partial charge in [0.15, 0.2) is 0 Å². The zero-order valence-corrected chi connectivity index (χ0v) is 18.8. The van der Waals surface area contributed by atoms with Crippen LogP contribution in [-0.2, 0) is 11.3 Å². The van der Waals surface area contributed by atoms with Crippen LogP contribution in [0.25, 0.3) is 0 Å². The minimum absolute atomic E-state index is 0.114. The fourth-order valence-electron chi connectivity index (χ4n) is 3.86. The number of likely N-dealkylation sites (N-methyl/N-ethyl adjacent to an activating group) is 1. The van der Waals surface area contributed by atoms with E-state index in [4.69, 9.17) is 4.74 Å². The Hall–Kier alpha value is -3.78. The Bertz CT molecular complexity index is 1100. The first-order chi connectivity index (χ1) is 16.0. The van der Waals surface area contributed by atoms with Crippen LogP contribution in [0.4, 0.5) is 0 Å². The number of carbonyl (C=O) groups excluding carboxylic acids is 2. The first-order valence-corrected chi connectivity index (χ1v) is 10.9. The molecule has 1 aliphatic rings. The molecule has 3 heterocycles. The maximum Gasteiger partial charge on any atom is 0.259 e. The molecule has 1 N–H and O–H groups in total. The molecule has 4 rings (SSSR count). The van der Waals surface area contributed by atoms with E-state index in [0.717, 1.165) is 11.3 Å². The van der Waals surface area contributed by atoms with Gasteiger partial charge in [-0.1, -0.05) is 30.3 Å². The first kappa shape index (κ1) is 22.4. The summed E-state index contributed by atoms with van der Waals surface area (Å²) in [5, 5.41) is 2.74. The van der Waals surface area contributed by atoms with Crippen LogP contribution in [-0.4, -0.2) is 64.3 Å². The molecule has 2 aromatic heterocycles. The Kier molecular flexibility index (Phi) is 6.95. The summed E-state index contributed by atoms with van der Waals surface area (Å²) in [4.78, 5) is 38.4. The number of nitrogens with zero attached hydrogens (tertiary/aromatic N) is 4. The maximum atomic E-state index is 13.4. The van der Waals surface area contributed by atoms with Crippen molar-refractivity contribution in [3.8, 4) is 11.6 Å². The molecule has 8 heteroatoms. The van der Waals surface area contributed by atoms with Crippen LogP contribution in [0.1, 0.15) is 21.6 Å². The van der Waals surface area contributed by atoms with Gasteiger partial charge in [-0.05, 0) is 36.8 Å². The molecule has 0 saturated carbocycles. The van der Waals surface area contributed by atoms with E-state index in [-0.39, 0.29) is 24.2 Å². The lowest BCUT2D eigenvalue weighted by molar-refractivity contribution is -0.128. The molecule has 1 atom stereocenters. The van der Waals surface area contributed by atoms with Gasteiger partial charge in [0.05, 0.1) is 6.20 Å². The van der Waals surface area contributed by atoms with Gasteiger partial charge < -0.3 is 15.0 Å². The number of aromatic nitrogens is 2. The number of hydrogen-bond donors (Lipinski definition) is 1. The summed E-state index contributed by atoms with van der Waals surface area (Å²) in [7, 11) is 1.62. The van der Waals surface area contributed by atoms with Crippen molar-refractivity contribution in [3.05, 3.63) is 83.8 Å². The number of ether oxygens (including phenoxy) is 1. The van der Waals surface area contributed by atoms with Gasteiger partial charge >= 0.3 is 0 Å². The van der Waals surface area contributed by atoms with Gasteiger partial charge in [-0.25, -0.2) is 4.98 Å². The summed E-state index contributed by atoms with van der Waals surface area (Å²) in [6, 6.07) is 16.6. The van der Waals surface area contributed by atoms with Crippen LogP contribution in [0.3, 0.4) is 0 Å². The van der Waals surface area contributed by atoms with Crippen LogP contribution in [0, 0.1) is 6.92 Å². The van der Waals surface area contributed by atoms with Crippen molar-refractivity contribution in [3.63, 3.8) is 0 Å². The molecule has 0 radical (unpaired) electrons. The fourth-order valence-corrected chi connectivity index (χ4v) is 3.86. The lowest BCUT2D eigenvalue weighted by Gasteiger charge is -2.40. The predicted octanol–water partition coefficient (Wildman–Crippen LogP) is 2.65. The zero-order valence-electron chi connectivity index (χ0n) is 18.8. The largest absolute Gasteiger partial charge is 0.437 e. The monoisotopic (exact) mass is 445 g/mol. The van der Waals surface area contributed by atoms with Crippen molar-refractivity contribution in [2.75, 3.05) is 26.7 Å². The molecule has 3 aromatic rings. The Morgan fingerprint density at radius 2 is 1.88 bits per heavy atom. The molecule has 1 aliphatic heterocycles. The second-order valence-corrected chi connectivity index (χ2v) is 7.93. The Morgan fingerprint density at radius 3 is 2.61 bits per heavy atom. The minimum Gasteiger partial charge on any atom is -0.437 e. The molecule has 33 heavy (non-hydrogen) atoms. The average molecular weight is 446 g/mol. The van der Waals surface area contributed by atoms with Crippen molar-refractivity contribution >= 4 is 11.8 Å². The molecule has 8 nitrogen and oxygen atoms in total. The number of carbonyl (C=O) groups is 2. The predicted molar refractivity (Wildman–Crippen MR) is 124 cm³/mol. The highest BCUT2D eigenvalue weighted by Crippen LogP contribution is 2.25. The van der Waals surface area contributed by atoms with Gasteiger partial charge in [-0.15, -0.1) is 0 Å². The molecular weight excluding hydrogens is 418 g/mol. The number of hydrogen-bond acceptors (Lipinski definition) is 6. The molecule has 1 unspecified atom stereocenters. The topological polar surface area (TPSA) is 87.7 Å². The minimum atomic E-state index is -0.449. The number of pyridine rings is 2. The number of piperazine rings is 1. The van der Waals surface area contributed by atoms with Crippen LogP contribution in [0.5, 0.6) is 11.6 Å². The summed E-state index contributed by atoms with van der Waals surface area (Å²) in [6.45, 7) is 3.89. The first-order valence-electron chi connectivity index (χ1n) is 10.9. The third-order valence-corrected chi connectivity index (χ3v) is 5.66. The lowest BCUT2D eigenvalue weighted by Crippen LogP contribution is -2.59. The average Bonchev–Trinajstić information content (AvgIpc) is 2.86. The molecule has 0 bridgehead atoms. The summed E-state index contributed by atoms with van der Waals surface area (Å²) in [5.41, 5.74) is 2.35. The van der Waals surface area contributed by atoms with Crippen LogP contribution in [0.15, 0.2) is 67.0 Å². The van der Waals surface area contributed by atoms with E-state index in [0.29, 0.717) is 30.9 Å². The number of aryl methyl sites for hydroxylation is 1. The Labute approximate surface area is 193 Å². The summed E-state index contributed by atoms with van der Waals surface area (Å²) in [5.74, 6) is 0.392. The van der Waals surface area contributed by atoms with Gasteiger partial charge in [0.1, 0.15) is 17.4 Å². The molecule has 1 aromatic carbocycles. The third kappa shape index (κ3) is 5.35. The summed E-state index contributed by atoms with van der Waals surface area (Å²) >= 11 is 0. The van der Waals surface area contributed by atoms with Crippen LogP contribution in [0.2, 0.25) is 0 Å². The SMILES string of the molecule is CNC(=O)C1CN(C(=O)c2cccnc2Oc2ccc(C)nc2)CCN1Cc1ccccc1. The van der Waals surface area contributed by atoms with E-state index in [2.05, 4.69) is 20.2 Å². The van der Waals surface area contributed by atoms with Gasteiger partial charge in [-0.2, -0.15) is 0 Å². The van der Waals surface area contributed by atoms with Gasteiger partial charge in [0, 0.05) is 45.1 Å². The molecule has 2 amide bonds. The van der Waals surface area contributed by atoms with Crippen molar-refractivity contribution in [1.29, 1.82) is 0 Å². The number of amides is 2. The maximum absolute atomic E-state index is 13.4. The van der Waals surface area contributed by atoms with E-state index >= 15 is 0 Å². The van der Waals surface area contributed by atoms with E-state index in [1.165, 1.54) is 0 Å². The van der Waals surface area contributed by atoms with E-state index in [1.807, 2.05) is 43.3 Å². The molecule has 1 saturated heterocycles. The highest BCUT2D eigenvalue weighted by atomic mass is 16.5. The van der Waals surface area contributed by atoms with E-state index < -0.39 is 6.04 Å². The van der Waals surface area contributed by atoms with Crippen LogP contribution >= 0.6 is 0 Å². The number of benzene rings is 1. The number of nitrogens with one attached hydrogen (secondary N) is 1. The second kappa shape index (κ2) is 10.2. The van der Waals surface area contributed by atoms with Crippen molar-refractivity contribution in [2.24, 2.45) is 0 Å². The summed E-state index contributed by atoms with van der Waals surface area (Å²) in [6.07, 6.45) is 3.18. The van der Waals surface area contributed by atoms with Crippen molar-refractivity contribution in [1.82, 2.24) is 25.1 Å². The molecule has 1 fully saturated rings. The normalized spacial score (nSPS) is 16.3. The Balaban J connectivity index is 1.52. The third-order valence-electron chi connectivity index (χ3n) is 5.66. The van der Waals surface area contributed by atoms with Gasteiger partial charge in [0.2, 0.25) is 11.8 Å². The summed E-state index contributed by atoms with van der Waals surface area (Å²) < 4.78 is 5.86. The quantitative estimate of drug-likeness (QED) is 0.628. The van der Waals surface area contributed by atoms with E-state index in [9.17, 15) is 9.59 Å². The number of rotatable bonds is 6. The Morgan fingerprint density at radius 1 is 1.06 bits per heavy atom. The van der Waals surface area contributed by atoms with Crippen molar-refractivity contribution in [2.45, 2.75) is 19.5 Å². The van der Waals surface area contributed by atoms with Gasteiger partial charge in [0.25, 0.3) is 5.91 Å². The smallest absolute Gasteiger partial charge is 0.259 e. The highest BCUT2D eigenvalue weighted by molar-refractivity contribution is 5.97. The molecule has 170 valence electrons. The highest BCUT2D eigenvalue weighted by Gasteiger charge is 2.35. The standard InChI is InChI=1S/C25H27N5O3/c1-18-10-11-20(15-28-18)33-24-21(9-6-12-27-24)25(32)30-14-13-29(22(17-30)23(31)26-2)16-19-7-4-3-5-8-19/h3-12,15,22H,13-14,16-17H2,1-2H3,(H,26,31). The lowest BCUT2D eigenvalue weighted by atomic mass is 10.1. The van der Waals surface area contributed by atoms with Gasteiger partial charge in [-0.3, -0.25) is 19.5 Å². The van der Waals surface area contributed by atoms with E-state index in [1.54, 1.807) is 42.5 Å². The molecule has 0 spiro atoms. The van der Waals surface area contributed by atoms with Crippen molar-refractivity contribution < 1.29 is 14.3 Å². The fraction of sp³-hybridized carbons (Fsp3) is 0.280. The molecule has 0 aliphatic carbocycles. The zero-order chi connectivity index (χ0) is 23.2. The van der Waals surface area contributed by atoms with Crippen LogP contribution < -0.4 is 10.1 Å². The second-order valence-electron chi connectivity index (χ2n) is 7.93.